The number of imidazole rings is 1. The number of aromatic nitrogens is 3. The van der Waals surface area contributed by atoms with Gasteiger partial charge in [0.05, 0.1) is 11.8 Å². The molecule has 98 valence electrons. The molecular weight excluding hydrogens is 258 g/mol. The molecule has 0 spiro atoms. The summed E-state index contributed by atoms with van der Waals surface area (Å²) >= 11 is 5.39. The largest absolute Gasteiger partial charge is 0.469 e. The van der Waals surface area contributed by atoms with Gasteiger partial charge in [0.15, 0.2) is 10.4 Å². The van der Waals surface area contributed by atoms with E-state index in [1.54, 1.807) is 12.5 Å². The first kappa shape index (κ1) is 12.2. The number of hydrogen-bond acceptors (Lipinski definition) is 3. The number of hydrogen-bond donors (Lipinski definition) is 1. The molecule has 5 heteroatoms. The summed E-state index contributed by atoms with van der Waals surface area (Å²) in [7, 11) is 0. The van der Waals surface area contributed by atoms with Gasteiger partial charge in [-0.05, 0) is 49.8 Å². The van der Waals surface area contributed by atoms with Gasteiger partial charge >= 0.3 is 0 Å². The summed E-state index contributed by atoms with van der Waals surface area (Å²) in [5.41, 5.74) is 1.90. The lowest BCUT2D eigenvalue weighted by Gasteiger charge is -2.13. The van der Waals surface area contributed by atoms with E-state index in [2.05, 4.69) is 21.5 Å². The van der Waals surface area contributed by atoms with Crippen molar-refractivity contribution in [3.05, 3.63) is 47.3 Å². The molecule has 1 atom stereocenters. The van der Waals surface area contributed by atoms with Crippen LogP contribution in [0.2, 0.25) is 0 Å². The molecule has 3 heterocycles. The standard InChI is InChI=1S/C14H15N3OS/c1-10(6-7-11-4-3-9-18-11)17-13-12(16-14(17)19)5-2-8-15-13/h2-5,8-10H,6-7H2,1H3,(H,16,19). The van der Waals surface area contributed by atoms with Crippen molar-refractivity contribution in [1.29, 1.82) is 0 Å². The highest BCUT2D eigenvalue weighted by molar-refractivity contribution is 7.71. The third kappa shape index (κ3) is 2.33. The van der Waals surface area contributed by atoms with Crippen LogP contribution in [0.1, 0.15) is 25.1 Å². The number of furan rings is 1. The Morgan fingerprint density at radius 2 is 2.32 bits per heavy atom. The molecule has 0 aromatic carbocycles. The molecule has 0 saturated heterocycles. The Labute approximate surface area is 116 Å². The Morgan fingerprint density at radius 3 is 3.11 bits per heavy atom. The molecule has 0 aliphatic rings. The molecule has 4 nitrogen and oxygen atoms in total. The molecule has 19 heavy (non-hydrogen) atoms. The molecule has 3 aromatic heterocycles. The number of rotatable bonds is 4. The fraction of sp³-hybridized carbons (Fsp3) is 0.286. The zero-order valence-corrected chi connectivity index (χ0v) is 11.5. The molecule has 0 fully saturated rings. The second-order valence-electron chi connectivity index (χ2n) is 4.64. The number of nitrogens with one attached hydrogen (secondary N) is 1. The maximum Gasteiger partial charge on any atom is 0.179 e. The highest BCUT2D eigenvalue weighted by Crippen LogP contribution is 2.21. The van der Waals surface area contributed by atoms with Gasteiger partial charge in [0.1, 0.15) is 5.76 Å². The van der Waals surface area contributed by atoms with Gasteiger partial charge in [-0.3, -0.25) is 4.57 Å². The molecule has 0 amide bonds. The van der Waals surface area contributed by atoms with E-state index in [9.17, 15) is 0 Å². The van der Waals surface area contributed by atoms with Crippen molar-refractivity contribution in [2.45, 2.75) is 25.8 Å². The Kier molecular flexibility index (Phi) is 3.21. The summed E-state index contributed by atoms with van der Waals surface area (Å²) in [5.74, 6) is 1.01. The molecule has 1 N–H and O–H groups in total. The second-order valence-corrected chi connectivity index (χ2v) is 5.03. The molecule has 0 bridgehead atoms. The van der Waals surface area contributed by atoms with Gasteiger partial charge in [-0.2, -0.15) is 0 Å². The van der Waals surface area contributed by atoms with E-state index in [4.69, 9.17) is 16.6 Å². The van der Waals surface area contributed by atoms with E-state index >= 15 is 0 Å². The maximum atomic E-state index is 5.39. The third-order valence-corrected chi connectivity index (χ3v) is 3.60. The normalized spacial score (nSPS) is 12.9. The first-order valence-corrected chi connectivity index (χ1v) is 6.74. The van der Waals surface area contributed by atoms with Gasteiger partial charge in [-0.15, -0.1) is 0 Å². The van der Waals surface area contributed by atoms with Crippen LogP contribution < -0.4 is 0 Å². The number of H-pyrrole nitrogens is 1. The fourth-order valence-corrected chi connectivity index (χ4v) is 2.68. The molecule has 3 aromatic rings. The fourth-order valence-electron chi connectivity index (χ4n) is 2.30. The Bertz CT molecular complexity index is 727. The van der Waals surface area contributed by atoms with Gasteiger partial charge in [0.2, 0.25) is 0 Å². The lowest BCUT2D eigenvalue weighted by molar-refractivity contribution is 0.454. The van der Waals surface area contributed by atoms with Crippen molar-refractivity contribution in [2.75, 3.05) is 0 Å². The summed E-state index contributed by atoms with van der Waals surface area (Å²) in [6.45, 7) is 2.15. The van der Waals surface area contributed by atoms with E-state index in [1.807, 2.05) is 24.3 Å². The summed E-state index contributed by atoms with van der Waals surface area (Å²) < 4.78 is 8.16. The van der Waals surface area contributed by atoms with Crippen molar-refractivity contribution in [3.63, 3.8) is 0 Å². The van der Waals surface area contributed by atoms with Crippen LogP contribution in [-0.4, -0.2) is 14.5 Å². The number of nitrogens with zero attached hydrogens (tertiary/aromatic N) is 2. The average Bonchev–Trinajstić information content (AvgIpc) is 3.02. The number of pyridine rings is 1. The lowest BCUT2D eigenvalue weighted by Crippen LogP contribution is -2.07. The number of fused-ring (bicyclic) bond motifs is 1. The minimum atomic E-state index is 0.279. The minimum Gasteiger partial charge on any atom is -0.469 e. The third-order valence-electron chi connectivity index (χ3n) is 3.30. The van der Waals surface area contributed by atoms with Crippen LogP contribution in [0.25, 0.3) is 11.2 Å². The molecule has 3 rings (SSSR count). The van der Waals surface area contributed by atoms with Gasteiger partial charge in [-0.25, -0.2) is 4.98 Å². The molecule has 0 radical (unpaired) electrons. The lowest BCUT2D eigenvalue weighted by atomic mass is 10.1. The van der Waals surface area contributed by atoms with E-state index < -0.39 is 0 Å². The van der Waals surface area contributed by atoms with E-state index in [0.29, 0.717) is 0 Å². The van der Waals surface area contributed by atoms with Gasteiger partial charge in [0, 0.05) is 18.7 Å². The van der Waals surface area contributed by atoms with Crippen molar-refractivity contribution in [1.82, 2.24) is 14.5 Å². The van der Waals surface area contributed by atoms with Crippen LogP contribution in [0.15, 0.2) is 41.1 Å². The van der Waals surface area contributed by atoms with Crippen molar-refractivity contribution < 1.29 is 4.42 Å². The summed E-state index contributed by atoms with van der Waals surface area (Å²) in [6, 6.07) is 8.10. The van der Waals surface area contributed by atoms with Gasteiger partial charge < -0.3 is 9.40 Å². The zero-order valence-electron chi connectivity index (χ0n) is 10.7. The van der Waals surface area contributed by atoms with Gasteiger partial charge in [0.25, 0.3) is 0 Å². The molecule has 0 aliphatic heterocycles. The van der Waals surface area contributed by atoms with Crippen LogP contribution in [0, 0.1) is 4.77 Å². The van der Waals surface area contributed by atoms with Gasteiger partial charge in [-0.1, -0.05) is 0 Å². The highest BCUT2D eigenvalue weighted by atomic mass is 32.1. The maximum absolute atomic E-state index is 5.39. The molecule has 0 aliphatic carbocycles. The summed E-state index contributed by atoms with van der Waals surface area (Å²) in [4.78, 5) is 7.60. The summed E-state index contributed by atoms with van der Waals surface area (Å²) in [6.07, 6.45) is 5.36. The predicted octanol–water partition coefficient (Wildman–Crippen LogP) is 3.88. The Morgan fingerprint density at radius 1 is 1.42 bits per heavy atom. The monoisotopic (exact) mass is 273 g/mol. The van der Waals surface area contributed by atoms with Crippen molar-refractivity contribution >= 4 is 23.4 Å². The van der Waals surface area contributed by atoms with E-state index in [1.165, 1.54) is 0 Å². The van der Waals surface area contributed by atoms with E-state index in [0.717, 1.165) is 34.5 Å². The van der Waals surface area contributed by atoms with Crippen LogP contribution in [0.4, 0.5) is 0 Å². The van der Waals surface area contributed by atoms with Crippen molar-refractivity contribution in [3.8, 4) is 0 Å². The zero-order chi connectivity index (χ0) is 13.2. The predicted molar refractivity (Wildman–Crippen MR) is 76.7 cm³/mol. The van der Waals surface area contributed by atoms with Crippen LogP contribution >= 0.6 is 12.2 Å². The molecule has 0 saturated carbocycles. The SMILES string of the molecule is CC(CCc1ccco1)n1c(=S)[nH]c2cccnc21. The summed E-state index contributed by atoms with van der Waals surface area (Å²) in [5, 5.41) is 0. The smallest absolute Gasteiger partial charge is 0.179 e. The molecular formula is C14H15N3OS. The van der Waals surface area contributed by atoms with Crippen molar-refractivity contribution in [2.24, 2.45) is 0 Å². The number of aromatic amines is 1. The Hall–Kier alpha value is -1.88. The quantitative estimate of drug-likeness (QED) is 0.734. The van der Waals surface area contributed by atoms with Crippen LogP contribution in [0.5, 0.6) is 0 Å². The second kappa shape index (κ2) is 5.01. The number of aryl methyl sites for hydroxylation is 1. The molecule has 1 unspecified atom stereocenters. The van der Waals surface area contributed by atoms with Crippen LogP contribution in [0.3, 0.4) is 0 Å². The van der Waals surface area contributed by atoms with Crippen LogP contribution in [-0.2, 0) is 6.42 Å². The first-order valence-electron chi connectivity index (χ1n) is 6.33. The topological polar surface area (TPSA) is 46.8 Å². The minimum absolute atomic E-state index is 0.279. The van der Waals surface area contributed by atoms with E-state index in [-0.39, 0.29) is 6.04 Å². The average molecular weight is 273 g/mol. The Balaban J connectivity index is 1.87. The highest BCUT2D eigenvalue weighted by Gasteiger charge is 2.12. The first-order chi connectivity index (χ1) is 9.25.